The first kappa shape index (κ1) is 20.4. The molecule has 1 aliphatic rings. The van der Waals surface area contributed by atoms with Crippen molar-refractivity contribution in [2.45, 2.75) is 33.2 Å². The lowest BCUT2D eigenvalue weighted by Crippen LogP contribution is -2.52. The Bertz CT molecular complexity index is 569. The van der Waals surface area contributed by atoms with E-state index in [1.807, 2.05) is 18.2 Å². The number of rotatable bonds is 7. The van der Waals surface area contributed by atoms with Crippen LogP contribution in [-0.2, 0) is 0 Å². The SMILES string of the molecule is CCNC(=NCCN(C)C(C)CC)N1CCN(c2ccccc2O)CC1. The Morgan fingerprint density at radius 2 is 1.92 bits per heavy atom. The Labute approximate surface area is 158 Å². The monoisotopic (exact) mass is 361 g/mol. The van der Waals surface area contributed by atoms with Crippen LogP contribution in [0.4, 0.5) is 5.69 Å². The van der Waals surface area contributed by atoms with Crippen LogP contribution in [0.2, 0.25) is 0 Å². The Morgan fingerprint density at radius 3 is 2.54 bits per heavy atom. The Kier molecular flexibility index (Phi) is 8.04. The Morgan fingerprint density at radius 1 is 1.23 bits per heavy atom. The van der Waals surface area contributed by atoms with Gasteiger partial charge in [-0.25, -0.2) is 0 Å². The lowest BCUT2D eigenvalue weighted by atomic mass is 10.2. The zero-order valence-electron chi connectivity index (χ0n) is 16.8. The summed E-state index contributed by atoms with van der Waals surface area (Å²) in [4.78, 5) is 11.8. The molecule has 1 aromatic rings. The van der Waals surface area contributed by atoms with E-state index in [0.717, 1.165) is 63.9 Å². The van der Waals surface area contributed by atoms with Gasteiger partial charge >= 0.3 is 0 Å². The van der Waals surface area contributed by atoms with E-state index >= 15 is 0 Å². The summed E-state index contributed by atoms with van der Waals surface area (Å²) < 4.78 is 0. The molecule has 0 amide bonds. The third-order valence-corrected chi connectivity index (χ3v) is 5.19. The van der Waals surface area contributed by atoms with Crippen LogP contribution in [0.5, 0.6) is 5.75 Å². The second kappa shape index (κ2) is 10.3. The number of para-hydroxylation sites is 2. The number of nitrogens with zero attached hydrogens (tertiary/aromatic N) is 4. The minimum absolute atomic E-state index is 0.356. The maximum atomic E-state index is 10.1. The number of aromatic hydroxyl groups is 1. The van der Waals surface area contributed by atoms with Gasteiger partial charge in [-0.05, 0) is 39.4 Å². The fourth-order valence-corrected chi connectivity index (χ4v) is 3.16. The minimum atomic E-state index is 0.356. The minimum Gasteiger partial charge on any atom is -0.506 e. The zero-order valence-corrected chi connectivity index (χ0v) is 16.8. The fourth-order valence-electron chi connectivity index (χ4n) is 3.16. The number of hydrogen-bond acceptors (Lipinski definition) is 4. The van der Waals surface area contributed by atoms with Crippen molar-refractivity contribution in [2.24, 2.45) is 4.99 Å². The van der Waals surface area contributed by atoms with Crippen molar-refractivity contribution in [1.29, 1.82) is 0 Å². The highest BCUT2D eigenvalue weighted by atomic mass is 16.3. The van der Waals surface area contributed by atoms with Gasteiger partial charge < -0.3 is 25.1 Å². The molecule has 1 aromatic carbocycles. The Balaban J connectivity index is 1.91. The molecule has 0 spiro atoms. The van der Waals surface area contributed by atoms with Crippen molar-refractivity contribution < 1.29 is 5.11 Å². The summed E-state index contributed by atoms with van der Waals surface area (Å²) in [5.41, 5.74) is 0.921. The summed E-state index contributed by atoms with van der Waals surface area (Å²) in [6.45, 7) is 12.8. The number of guanidine groups is 1. The van der Waals surface area contributed by atoms with Gasteiger partial charge in [0, 0.05) is 45.3 Å². The molecule has 0 aromatic heterocycles. The third-order valence-electron chi connectivity index (χ3n) is 5.19. The van der Waals surface area contributed by atoms with Crippen LogP contribution in [0.3, 0.4) is 0 Å². The molecule has 146 valence electrons. The predicted molar refractivity (Wildman–Crippen MR) is 110 cm³/mol. The number of hydrogen-bond donors (Lipinski definition) is 2. The van der Waals surface area contributed by atoms with Crippen molar-refractivity contribution in [3.05, 3.63) is 24.3 Å². The average Bonchev–Trinajstić information content (AvgIpc) is 2.67. The molecule has 1 unspecified atom stereocenters. The standard InChI is InChI=1S/C20H35N5O/c1-5-17(3)23(4)12-11-22-20(21-6-2)25-15-13-24(14-16-25)18-9-7-8-10-19(18)26/h7-10,17,26H,5-6,11-16H2,1-4H3,(H,21,22). The predicted octanol–water partition coefficient (Wildman–Crippen LogP) is 2.21. The zero-order chi connectivity index (χ0) is 18.9. The van der Waals surface area contributed by atoms with Gasteiger partial charge in [-0.2, -0.15) is 0 Å². The molecule has 1 saturated heterocycles. The molecule has 6 nitrogen and oxygen atoms in total. The molecule has 0 aliphatic carbocycles. The van der Waals surface area contributed by atoms with Gasteiger partial charge in [0.1, 0.15) is 5.75 Å². The summed E-state index contributed by atoms with van der Waals surface area (Å²) in [5, 5.41) is 13.5. The maximum Gasteiger partial charge on any atom is 0.194 e. The molecule has 1 atom stereocenters. The van der Waals surface area contributed by atoms with E-state index in [0.29, 0.717) is 11.8 Å². The molecule has 1 aliphatic heterocycles. The molecule has 0 bridgehead atoms. The van der Waals surface area contributed by atoms with Crippen LogP contribution in [-0.4, -0.2) is 79.8 Å². The highest BCUT2D eigenvalue weighted by Gasteiger charge is 2.21. The number of phenolic OH excluding ortho intramolecular Hbond substituents is 1. The smallest absolute Gasteiger partial charge is 0.194 e. The van der Waals surface area contributed by atoms with Crippen LogP contribution in [0.1, 0.15) is 27.2 Å². The van der Waals surface area contributed by atoms with Gasteiger partial charge in [-0.1, -0.05) is 19.1 Å². The van der Waals surface area contributed by atoms with E-state index in [4.69, 9.17) is 4.99 Å². The lowest BCUT2D eigenvalue weighted by molar-refractivity contribution is 0.258. The molecule has 0 saturated carbocycles. The van der Waals surface area contributed by atoms with Crippen molar-refractivity contribution >= 4 is 11.6 Å². The maximum absolute atomic E-state index is 10.1. The van der Waals surface area contributed by atoms with E-state index in [2.05, 4.69) is 47.8 Å². The molecule has 2 rings (SSSR count). The fraction of sp³-hybridized carbons (Fsp3) is 0.650. The molecule has 1 fully saturated rings. The van der Waals surface area contributed by atoms with Crippen molar-refractivity contribution in [3.63, 3.8) is 0 Å². The quantitative estimate of drug-likeness (QED) is 0.576. The van der Waals surface area contributed by atoms with Crippen molar-refractivity contribution in [3.8, 4) is 5.75 Å². The first-order valence-electron chi connectivity index (χ1n) is 9.83. The van der Waals surface area contributed by atoms with Crippen molar-refractivity contribution in [2.75, 3.05) is 57.8 Å². The molecule has 0 radical (unpaired) electrons. The van der Waals surface area contributed by atoms with Gasteiger partial charge in [0.05, 0.1) is 12.2 Å². The number of aliphatic imine (C=N–C) groups is 1. The lowest BCUT2D eigenvalue weighted by Gasteiger charge is -2.38. The van der Waals surface area contributed by atoms with E-state index in [-0.39, 0.29) is 0 Å². The largest absolute Gasteiger partial charge is 0.506 e. The molecule has 6 heteroatoms. The number of piperazine rings is 1. The third kappa shape index (κ3) is 5.53. The average molecular weight is 362 g/mol. The van der Waals surface area contributed by atoms with Crippen LogP contribution in [0, 0.1) is 0 Å². The number of nitrogens with one attached hydrogen (secondary N) is 1. The Hall–Kier alpha value is -1.95. The summed E-state index contributed by atoms with van der Waals surface area (Å²) in [6.07, 6.45) is 1.16. The van der Waals surface area contributed by atoms with Crippen LogP contribution in [0.25, 0.3) is 0 Å². The molecule has 1 heterocycles. The van der Waals surface area contributed by atoms with E-state index < -0.39 is 0 Å². The van der Waals surface area contributed by atoms with Gasteiger partial charge in [0.2, 0.25) is 0 Å². The van der Waals surface area contributed by atoms with Crippen LogP contribution >= 0.6 is 0 Å². The molecular formula is C20H35N5O. The topological polar surface area (TPSA) is 54.3 Å². The van der Waals surface area contributed by atoms with Crippen LogP contribution in [0.15, 0.2) is 29.3 Å². The first-order valence-corrected chi connectivity index (χ1v) is 9.83. The normalized spacial score (nSPS) is 16.9. The van der Waals surface area contributed by atoms with E-state index in [1.165, 1.54) is 0 Å². The highest BCUT2D eigenvalue weighted by Crippen LogP contribution is 2.27. The number of phenols is 1. The number of anilines is 1. The number of likely N-dealkylation sites (N-methyl/N-ethyl adjacent to an activating group) is 1. The highest BCUT2D eigenvalue weighted by molar-refractivity contribution is 5.80. The second-order valence-corrected chi connectivity index (χ2v) is 6.94. The summed E-state index contributed by atoms with van der Waals surface area (Å²) in [6, 6.07) is 8.16. The second-order valence-electron chi connectivity index (χ2n) is 6.94. The summed E-state index contributed by atoms with van der Waals surface area (Å²) >= 11 is 0. The van der Waals surface area contributed by atoms with Gasteiger partial charge in [0.15, 0.2) is 5.96 Å². The molecular weight excluding hydrogens is 326 g/mol. The molecule has 26 heavy (non-hydrogen) atoms. The summed E-state index contributed by atoms with van der Waals surface area (Å²) in [5.74, 6) is 1.36. The molecule has 2 N–H and O–H groups in total. The van der Waals surface area contributed by atoms with Gasteiger partial charge in [-0.15, -0.1) is 0 Å². The van der Waals surface area contributed by atoms with Gasteiger partial charge in [0.25, 0.3) is 0 Å². The van der Waals surface area contributed by atoms with E-state index in [1.54, 1.807) is 6.07 Å². The van der Waals surface area contributed by atoms with Gasteiger partial charge in [-0.3, -0.25) is 4.99 Å². The van der Waals surface area contributed by atoms with E-state index in [9.17, 15) is 5.11 Å². The van der Waals surface area contributed by atoms with Crippen LogP contribution < -0.4 is 10.2 Å². The first-order chi connectivity index (χ1) is 12.6. The number of benzene rings is 1. The summed E-state index contributed by atoms with van der Waals surface area (Å²) in [7, 11) is 2.17. The van der Waals surface area contributed by atoms with Crippen molar-refractivity contribution in [1.82, 2.24) is 15.1 Å².